The van der Waals surface area contributed by atoms with Crippen LogP contribution >= 0.6 is 0 Å². The fourth-order valence-electron chi connectivity index (χ4n) is 1.78. The molecule has 96 valence electrons. The molecule has 0 spiro atoms. The van der Waals surface area contributed by atoms with Gasteiger partial charge in [0, 0.05) is 19.8 Å². The molecule has 0 aliphatic rings. The van der Waals surface area contributed by atoms with Gasteiger partial charge in [0.25, 0.3) is 0 Å². The van der Waals surface area contributed by atoms with Crippen LogP contribution in [0.5, 0.6) is 0 Å². The van der Waals surface area contributed by atoms with Gasteiger partial charge in [-0.15, -0.1) is 0 Å². The number of tetrazole rings is 1. The standard InChI is InChI=1S/C12H13N7/c1-19-12(16-17-18-19)13-8-9-2-4-10(5-3-9)11-6-7-14-15-11/h2-7H,8H2,1H3,(H,14,15)(H,13,16,18). The van der Waals surface area contributed by atoms with E-state index >= 15 is 0 Å². The predicted molar refractivity (Wildman–Crippen MR) is 70.1 cm³/mol. The molecule has 0 radical (unpaired) electrons. The van der Waals surface area contributed by atoms with Gasteiger partial charge in [0.15, 0.2) is 0 Å². The van der Waals surface area contributed by atoms with E-state index in [0.29, 0.717) is 12.5 Å². The number of aromatic nitrogens is 6. The van der Waals surface area contributed by atoms with E-state index in [4.69, 9.17) is 0 Å². The van der Waals surface area contributed by atoms with Crippen LogP contribution in [0.2, 0.25) is 0 Å². The number of hydrogen-bond acceptors (Lipinski definition) is 5. The van der Waals surface area contributed by atoms with Gasteiger partial charge in [0.2, 0.25) is 5.95 Å². The largest absolute Gasteiger partial charge is 0.349 e. The monoisotopic (exact) mass is 255 g/mol. The van der Waals surface area contributed by atoms with Crippen molar-refractivity contribution >= 4 is 5.95 Å². The van der Waals surface area contributed by atoms with Gasteiger partial charge in [-0.25, -0.2) is 4.68 Å². The molecule has 3 rings (SSSR count). The molecule has 0 aliphatic carbocycles. The first-order valence-electron chi connectivity index (χ1n) is 5.88. The lowest BCUT2D eigenvalue weighted by Gasteiger charge is -2.05. The van der Waals surface area contributed by atoms with Crippen LogP contribution in [-0.4, -0.2) is 30.4 Å². The Kier molecular flexibility index (Phi) is 2.93. The molecule has 0 unspecified atom stereocenters. The lowest BCUT2D eigenvalue weighted by Crippen LogP contribution is -2.05. The number of hydrogen-bond donors (Lipinski definition) is 2. The second-order valence-corrected chi connectivity index (χ2v) is 4.15. The summed E-state index contributed by atoms with van der Waals surface area (Å²) >= 11 is 0. The van der Waals surface area contributed by atoms with Gasteiger partial charge < -0.3 is 5.32 Å². The maximum Gasteiger partial charge on any atom is 0.242 e. The Morgan fingerprint density at radius 3 is 2.68 bits per heavy atom. The van der Waals surface area contributed by atoms with E-state index in [1.807, 2.05) is 6.07 Å². The average molecular weight is 255 g/mol. The summed E-state index contributed by atoms with van der Waals surface area (Å²) in [6.45, 7) is 0.678. The highest BCUT2D eigenvalue weighted by atomic mass is 15.6. The molecule has 0 bridgehead atoms. The van der Waals surface area contributed by atoms with E-state index in [9.17, 15) is 0 Å². The molecular weight excluding hydrogens is 242 g/mol. The second kappa shape index (κ2) is 4.89. The molecule has 0 aliphatic heterocycles. The van der Waals surface area contributed by atoms with Gasteiger partial charge in [0.05, 0.1) is 5.69 Å². The molecule has 0 atom stereocenters. The van der Waals surface area contributed by atoms with Crippen LogP contribution in [-0.2, 0) is 13.6 Å². The Hall–Kier alpha value is -2.70. The van der Waals surface area contributed by atoms with E-state index in [1.54, 1.807) is 17.9 Å². The van der Waals surface area contributed by atoms with Crippen LogP contribution in [0, 0.1) is 0 Å². The third-order valence-corrected chi connectivity index (χ3v) is 2.84. The van der Waals surface area contributed by atoms with Crippen molar-refractivity contribution in [3.8, 4) is 11.3 Å². The Balaban J connectivity index is 1.68. The zero-order valence-corrected chi connectivity index (χ0v) is 10.4. The van der Waals surface area contributed by atoms with Crippen molar-refractivity contribution in [2.45, 2.75) is 6.54 Å². The summed E-state index contributed by atoms with van der Waals surface area (Å²) in [6, 6.07) is 10.2. The fraction of sp³-hybridized carbons (Fsp3) is 0.167. The summed E-state index contributed by atoms with van der Waals surface area (Å²) in [4.78, 5) is 0. The Morgan fingerprint density at radius 2 is 2.05 bits per heavy atom. The van der Waals surface area contributed by atoms with E-state index in [0.717, 1.165) is 16.8 Å². The van der Waals surface area contributed by atoms with Gasteiger partial charge in [-0.1, -0.05) is 29.4 Å². The number of H-pyrrole nitrogens is 1. The van der Waals surface area contributed by atoms with Crippen LogP contribution in [0.3, 0.4) is 0 Å². The Morgan fingerprint density at radius 1 is 1.21 bits per heavy atom. The minimum absolute atomic E-state index is 0.651. The number of nitrogens with one attached hydrogen (secondary N) is 2. The number of anilines is 1. The first-order valence-corrected chi connectivity index (χ1v) is 5.88. The van der Waals surface area contributed by atoms with Gasteiger partial charge in [-0.3, -0.25) is 5.10 Å². The van der Waals surface area contributed by atoms with Crippen molar-refractivity contribution in [3.63, 3.8) is 0 Å². The first kappa shape index (κ1) is 11.4. The highest BCUT2D eigenvalue weighted by Gasteiger charge is 2.02. The van der Waals surface area contributed by atoms with E-state index in [2.05, 4.69) is 55.3 Å². The van der Waals surface area contributed by atoms with Gasteiger partial charge in [-0.2, -0.15) is 5.10 Å². The Labute approximate surface area is 109 Å². The van der Waals surface area contributed by atoms with Crippen molar-refractivity contribution < 1.29 is 0 Å². The minimum atomic E-state index is 0.651. The van der Waals surface area contributed by atoms with Crippen molar-refractivity contribution in [3.05, 3.63) is 42.1 Å². The summed E-state index contributed by atoms with van der Waals surface area (Å²) in [6.07, 6.45) is 1.74. The molecule has 0 saturated carbocycles. The first-order chi connectivity index (χ1) is 9.33. The number of aromatic amines is 1. The molecule has 0 amide bonds. The molecule has 19 heavy (non-hydrogen) atoms. The number of rotatable bonds is 4. The summed E-state index contributed by atoms with van der Waals surface area (Å²) in [5, 5.41) is 21.2. The van der Waals surface area contributed by atoms with Crippen LogP contribution in [0.1, 0.15) is 5.56 Å². The maximum atomic E-state index is 3.94. The minimum Gasteiger partial charge on any atom is -0.349 e. The van der Waals surface area contributed by atoms with Gasteiger partial charge in [0.1, 0.15) is 0 Å². The lowest BCUT2D eigenvalue weighted by molar-refractivity contribution is 0.712. The van der Waals surface area contributed by atoms with E-state index in [-0.39, 0.29) is 0 Å². The quantitative estimate of drug-likeness (QED) is 0.732. The van der Waals surface area contributed by atoms with E-state index < -0.39 is 0 Å². The van der Waals surface area contributed by atoms with Crippen LogP contribution in [0.25, 0.3) is 11.3 Å². The Bertz CT molecular complexity index is 639. The molecule has 1 aromatic carbocycles. The molecule has 0 saturated heterocycles. The number of aryl methyl sites for hydroxylation is 1. The molecule has 2 heterocycles. The van der Waals surface area contributed by atoms with Crippen molar-refractivity contribution in [2.75, 3.05) is 5.32 Å². The molecule has 0 fully saturated rings. The maximum absolute atomic E-state index is 3.94. The molecule has 2 N–H and O–H groups in total. The number of nitrogens with zero attached hydrogens (tertiary/aromatic N) is 5. The van der Waals surface area contributed by atoms with Crippen LogP contribution < -0.4 is 5.32 Å². The smallest absolute Gasteiger partial charge is 0.242 e. The molecule has 3 aromatic rings. The average Bonchev–Trinajstić information content (AvgIpc) is 3.09. The fourth-order valence-corrected chi connectivity index (χ4v) is 1.78. The predicted octanol–water partition coefficient (Wildman–Crippen LogP) is 1.21. The molecule has 7 nitrogen and oxygen atoms in total. The van der Waals surface area contributed by atoms with E-state index in [1.165, 1.54) is 0 Å². The lowest BCUT2D eigenvalue weighted by atomic mass is 10.1. The third-order valence-electron chi connectivity index (χ3n) is 2.84. The third kappa shape index (κ3) is 2.44. The zero-order valence-electron chi connectivity index (χ0n) is 10.4. The van der Waals surface area contributed by atoms with Gasteiger partial charge >= 0.3 is 0 Å². The normalized spacial score (nSPS) is 10.6. The summed E-state index contributed by atoms with van der Waals surface area (Å²) in [5.74, 6) is 0.651. The summed E-state index contributed by atoms with van der Waals surface area (Å²) < 4.78 is 1.60. The zero-order chi connectivity index (χ0) is 13.1. The molecule has 7 heteroatoms. The second-order valence-electron chi connectivity index (χ2n) is 4.15. The van der Waals surface area contributed by atoms with Crippen LogP contribution in [0.4, 0.5) is 5.95 Å². The van der Waals surface area contributed by atoms with Crippen molar-refractivity contribution in [1.29, 1.82) is 0 Å². The summed E-state index contributed by atoms with van der Waals surface area (Å²) in [5.41, 5.74) is 3.28. The van der Waals surface area contributed by atoms with Crippen molar-refractivity contribution in [2.24, 2.45) is 7.05 Å². The molecular formula is C12H13N7. The topological polar surface area (TPSA) is 84.3 Å². The number of benzene rings is 1. The highest BCUT2D eigenvalue weighted by molar-refractivity contribution is 5.58. The van der Waals surface area contributed by atoms with Crippen LogP contribution in [0.15, 0.2) is 36.5 Å². The highest BCUT2D eigenvalue weighted by Crippen LogP contribution is 2.16. The van der Waals surface area contributed by atoms with Crippen molar-refractivity contribution in [1.82, 2.24) is 30.4 Å². The SMILES string of the molecule is Cn1nnnc1NCc1ccc(-c2ccn[nH]2)cc1. The molecule has 2 aromatic heterocycles. The summed E-state index contributed by atoms with van der Waals surface area (Å²) in [7, 11) is 1.80. The van der Waals surface area contributed by atoms with Gasteiger partial charge in [-0.05, 0) is 27.6 Å².